The lowest BCUT2D eigenvalue weighted by atomic mass is 10.7. The van der Waals surface area contributed by atoms with Crippen LogP contribution in [0.15, 0.2) is 0 Å². The summed E-state index contributed by atoms with van der Waals surface area (Å²) in [5, 5.41) is 2.00. The van der Waals surface area contributed by atoms with Crippen LogP contribution in [0, 0.1) is 4.71 Å². The van der Waals surface area contributed by atoms with Gasteiger partial charge in [0.15, 0.2) is 0 Å². The van der Waals surface area contributed by atoms with E-state index >= 15 is 0 Å². The van der Waals surface area contributed by atoms with E-state index in [2.05, 4.69) is 0 Å². The Hall–Kier alpha value is -0.270. The fraction of sp³-hybridized carbons (Fsp3) is 0.333. The fourth-order valence-corrected chi connectivity index (χ4v) is 1.99. The van der Waals surface area contributed by atoms with E-state index in [-0.39, 0.29) is 10.5 Å². The Bertz CT molecular complexity index is 245. The van der Waals surface area contributed by atoms with Crippen molar-refractivity contribution < 1.29 is 17.8 Å². The summed E-state index contributed by atoms with van der Waals surface area (Å²) in [4.78, 5) is 10.4. The highest BCUT2D eigenvalue weighted by molar-refractivity contribution is 8.16. The van der Waals surface area contributed by atoms with Gasteiger partial charge in [-0.2, -0.15) is 8.42 Å². The Morgan fingerprint density at radius 1 is 1.60 bits per heavy atom. The minimum absolute atomic E-state index is 0.0507. The number of hydrogen-bond acceptors (Lipinski definition) is 4. The molecule has 1 aliphatic heterocycles. The molecule has 57 valence electrons. The van der Waals surface area contributed by atoms with Crippen LogP contribution in [0.2, 0.25) is 0 Å². The first-order valence-corrected chi connectivity index (χ1v) is 4.70. The molecule has 1 amide bonds. The summed E-state index contributed by atoms with van der Waals surface area (Å²) in [6.07, 6.45) is 0. The second-order valence-corrected chi connectivity index (χ2v) is 4.20. The van der Waals surface area contributed by atoms with Crippen molar-refractivity contribution in [3.63, 3.8) is 0 Å². The smallest absolute Gasteiger partial charge is 0.303 e. The number of rotatable bonds is 1. The molecule has 0 aromatic carbocycles. The van der Waals surface area contributed by atoms with Crippen molar-refractivity contribution in [2.75, 3.05) is 5.75 Å². The summed E-state index contributed by atoms with van der Waals surface area (Å²) >= 11 is 0.775. The highest BCUT2D eigenvalue weighted by Gasteiger charge is 2.33. The van der Waals surface area contributed by atoms with Gasteiger partial charge >= 0.3 is 10.1 Å². The highest BCUT2D eigenvalue weighted by Crippen LogP contribution is 2.26. The third-order valence-corrected chi connectivity index (χ3v) is 3.14. The maximum atomic E-state index is 10.4. The molecule has 0 unspecified atom stereocenters. The van der Waals surface area contributed by atoms with E-state index in [1.807, 2.05) is 5.32 Å². The molecule has 0 aromatic heterocycles. The van der Waals surface area contributed by atoms with Crippen molar-refractivity contribution in [3.8, 4) is 0 Å². The summed E-state index contributed by atoms with van der Waals surface area (Å²) in [5.41, 5.74) is 0. The Morgan fingerprint density at radius 3 is 2.40 bits per heavy atom. The zero-order valence-electron chi connectivity index (χ0n) is 4.70. The second-order valence-electron chi connectivity index (χ2n) is 1.60. The number of hydrogen-bond donors (Lipinski definition) is 2. The Morgan fingerprint density at radius 2 is 2.20 bits per heavy atom. The number of amides is 1. The minimum atomic E-state index is -4.19. The molecule has 2 N–H and O–H groups in total. The molecule has 1 heterocycles. The predicted octanol–water partition coefficient (Wildman–Crippen LogP) is -0.816. The van der Waals surface area contributed by atoms with E-state index in [1.54, 1.807) is 0 Å². The zero-order valence-corrected chi connectivity index (χ0v) is 6.33. The molecule has 1 saturated heterocycles. The molecule has 0 aromatic rings. The van der Waals surface area contributed by atoms with E-state index in [1.165, 1.54) is 0 Å². The molecular weight excluding hydrogens is 178 g/mol. The van der Waals surface area contributed by atoms with Gasteiger partial charge in [0.1, 0.15) is 0 Å². The van der Waals surface area contributed by atoms with E-state index in [4.69, 9.17) is 4.55 Å². The Kier molecular flexibility index (Phi) is 1.88. The maximum absolute atomic E-state index is 10.4. The topological polar surface area (TPSA) is 83.5 Å². The lowest BCUT2D eigenvalue weighted by molar-refractivity contribution is -0.117. The molecule has 1 radical (unpaired) electrons. The third-order valence-electron chi connectivity index (χ3n) is 0.810. The van der Waals surface area contributed by atoms with E-state index in [0.717, 1.165) is 11.8 Å². The van der Waals surface area contributed by atoms with Gasteiger partial charge < -0.3 is 5.32 Å². The second kappa shape index (κ2) is 2.40. The van der Waals surface area contributed by atoms with E-state index < -0.39 is 16.0 Å². The molecule has 0 spiro atoms. The standard InChI is InChI=1S/C3H4NO4S2/c5-2-1-9-3(4-2)10(6,7)8/h1H2,(H,4,5)(H,6,7,8). The summed E-state index contributed by atoms with van der Waals surface area (Å²) in [7, 11) is -4.19. The first-order valence-electron chi connectivity index (χ1n) is 2.27. The predicted molar refractivity (Wildman–Crippen MR) is 35.4 cm³/mol. The molecule has 0 bridgehead atoms. The van der Waals surface area contributed by atoms with Gasteiger partial charge in [-0.15, -0.1) is 11.8 Å². The van der Waals surface area contributed by atoms with Gasteiger partial charge in [0.25, 0.3) is 4.71 Å². The summed E-state index contributed by atoms with van der Waals surface area (Å²) in [6, 6.07) is 0. The number of carbonyl (C=O) groups is 1. The van der Waals surface area contributed by atoms with Crippen LogP contribution in [-0.2, 0) is 14.9 Å². The Balaban J connectivity index is 2.71. The van der Waals surface area contributed by atoms with Crippen LogP contribution < -0.4 is 5.32 Å². The van der Waals surface area contributed by atoms with Crippen LogP contribution in [-0.4, -0.2) is 24.6 Å². The van der Waals surface area contributed by atoms with Gasteiger partial charge in [0.2, 0.25) is 5.91 Å². The van der Waals surface area contributed by atoms with E-state index in [9.17, 15) is 13.2 Å². The fourth-order valence-electron chi connectivity index (χ4n) is 0.456. The lowest BCUT2D eigenvalue weighted by Crippen LogP contribution is -2.24. The normalized spacial score (nSPS) is 21.1. The minimum Gasteiger partial charge on any atom is -0.322 e. The summed E-state index contributed by atoms with van der Waals surface area (Å²) in [5.74, 6) is -0.354. The molecule has 5 nitrogen and oxygen atoms in total. The average Bonchev–Trinajstić information content (AvgIpc) is 2.11. The van der Waals surface area contributed by atoms with Crippen molar-refractivity contribution in [1.29, 1.82) is 0 Å². The average molecular weight is 182 g/mol. The largest absolute Gasteiger partial charge is 0.322 e. The summed E-state index contributed by atoms with van der Waals surface area (Å²) < 4.78 is 28.5. The molecule has 1 fully saturated rings. The molecule has 0 atom stereocenters. The molecular formula is C3H4NO4S2. The maximum Gasteiger partial charge on any atom is 0.303 e. The highest BCUT2D eigenvalue weighted by atomic mass is 32.3. The molecule has 7 heteroatoms. The zero-order chi connectivity index (χ0) is 7.78. The Labute approximate surface area is 61.9 Å². The molecule has 1 aliphatic rings. The summed E-state index contributed by atoms with van der Waals surface area (Å²) in [6.45, 7) is 0. The molecule has 0 aliphatic carbocycles. The van der Waals surface area contributed by atoms with Crippen LogP contribution in [0.25, 0.3) is 0 Å². The van der Waals surface area contributed by atoms with Gasteiger partial charge in [-0.05, 0) is 0 Å². The molecule has 1 rings (SSSR count). The van der Waals surface area contributed by atoms with Crippen molar-refractivity contribution in [2.24, 2.45) is 0 Å². The number of thioether (sulfide) groups is 1. The quantitative estimate of drug-likeness (QED) is 0.518. The van der Waals surface area contributed by atoms with Crippen LogP contribution in [0.3, 0.4) is 0 Å². The van der Waals surface area contributed by atoms with E-state index in [0.29, 0.717) is 0 Å². The monoisotopic (exact) mass is 182 g/mol. The SMILES string of the molecule is O=C1CS[C](S(=O)(=O)O)N1. The van der Waals surface area contributed by atoms with Gasteiger partial charge in [-0.3, -0.25) is 9.35 Å². The van der Waals surface area contributed by atoms with Crippen molar-refractivity contribution in [1.82, 2.24) is 5.32 Å². The van der Waals surface area contributed by atoms with Crippen LogP contribution >= 0.6 is 11.8 Å². The van der Waals surface area contributed by atoms with Gasteiger partial charge in [-0.25, -0.2) is 0 Å². The number of nitrogens with one attached hydrogen (secondary N) is 1. The third kappa shape index (κ3) is 1.61. The molecule has 10 heavy (non-hydrogen) atoms. The van der Waals surface area contributed by atoms with Gasteiger partial charge in [-0.1, -0.05) is 0 Å². The first-order chi connectivity index (χ1) is 4.50. The van der Waals surface area contributed by atoms with Gasteiger partial charge in [0, 0.05) is 0 Å². The van der Waals surface area contributed by atoms with Crippen molar-refractivity contribution in [2.45, 2.75) is 0 Å². The molecule has 0 saturated carbocycles. The van der Waals surface area contributed by atoms with Crippen LogP contribution in [0.4, 0.5) is 0 Å². The van der Waals surface area contributed by atoms with Crippen molar-refractivity contribution >= 4 is 27.8 Å². The van der Waals surface area contributed by atoms with Crippen molar-refractivity contribution in [3.05, 3.63) is 4.71 Å². The van der Waals surface area contributed by atoms with Gasteiger partial charge in [0.05, 0.1) is 5.75 Å². The van der Waals surface area contributed by atoms with Crippen LogP contribution in [0.1, 0.15) is 0 Å². The lowest BCUT2D eigenvalue weighted by Gasteiger charge is -2.00. The first kappa shape index (κ1) is 7.83. The van der Waals surface area contributed by atoms with Crippen LogP contribution in [0.5, 0.6) is 0 Å². The number of carbonyl (C=O) groups excluding carboxylic acids is 1.